The number of rotatable bonds is 3. The van der Waals surface area contributed by atoms with Crippen molar-refractivity contribution in [3.05, 3.63) is 75.4 Å². The van der Waals surface area contributed by atoms with Gasteiger partial charge in [0, 0.05) is 21.9 Å². The molecule has 134 valence electrons. The maximum Gasteiger partial charge on any atom is 0.257 e. The number of fused-ring (bicyclic) bond motifs is 1. The Bertz CT molecular complexity index is 1140. The topological polar surface area (TPSA) is 54.9 Å². The third-order valence-corrected chi connectivity index (χ3v) is 5.92. The first-order valence-corrected chi connectivity index (χ1v) is 10.1. The van der Waals surface area contributed by atoms with E-state index in [4.69, 9.17) is 11.6 Å². The van der Waals surface area contributed by atoms with Crippen LogP contribution in [0.4, 0.5) is 5.69 Å². The van der Waals surface area contributed by atoms with Gasteiger partial charge in [-0.15, -0.1) is 0 Å². The minimum absolute atomic E-state index is 0.257. The molecule has 2 heterocycles. The highest BCUT2D eigenvalue weighted by atomic mass is 79.9. The summed E-state index contributed by atoms with van der Waals surface area (Å²) >= 11 is 11.1. The van der Waals surface area contributed by atoms with Crippen molar-refractivity contribution >= 4 is 60.8 Å². The van der Waals surface area contributed by atoms with Crippen LogP contribution in [-0.2, 0) is 0 Å². The van der Waals surface area contributed by atoms with Crippen LogP contribution in [0.2, 0.25) is 5.02 Å². The predicted molar refractivity (Wildman–Crippen MR) is 115 cm³/mol. The van der Waals surface area contributed by atoms with E-state index in [1.54, 1.807) is 24.4 Å². The van der Waals surface area contributed by atoms with Crippen molar-refractivity contribution in [2.45, 2.75) is 6.92 Å². The Hall–Kier alpha value is -2.28. The Morgan fingerprint density at radius 2 is 2.04 bits per heavy atom. The van der Waals surface area contributed by atoms with E-state index >= 15 is 0 Å². The molecule has 2 aromatic carbocycles. The SMILES string of the molecule is Cc1ccc(-c2nc3cccnc3s2)cc1NC(=O)c1cc(Br)ccc1Cl. The molecule has 7 heteroatoms. The molecular formula is C20H13BrClN3OS. The van der Waals surface area contributed by atoms with E-state index in [0.29, 0.717) is 10.6 Å². The van der Waals surface area contributed by atoms with Crippen LogP contribution in [-0.4, -0.2) is 15.9 Å². The maximum atomic E-state index is 12.7. The molecule has 0 radical (unpaired) electrons. The lowest BCUT2D eigenvalue weighted by molar-refractivity contribution is 0.102. The quantitative estimate of drug-likeness (QED) is 0.390. The minimum atomic E-state index is -0.257. The number of amides is 1. The van der Waals surface area contributed by atoms with Crippen molar-refractivity contribution in [1.82, 2.24) is 9.97 Å². The number of thiazole rings is 1. The second kappa shape index (κ2) is 7.38. The molecule has 1 amide bonds. The van der Waals surface area contributed by atoms with Gasteiger partial charge in [-0.1, -0.05) is 51.0 Å². The largest absolute Gasteiger partial charge is 0.322 e. The van der Waals surface area contributed by atoms with Gasteiger partial charge in [0.1, 0.15) is 15.4 Å². The van der Waals surface area contributed by atoms with Crippen LogP contribution in [0.3, 0.4) is 0 Å². The lowest BCUT2D eigenvalue weighted by atomic mass is 10.1. The Kier molecular flexibility index (Phi) is 4.95. The number of hydrogen-bond donors (Lipinski definition) is 1. The highest BCUT2D eigenvalue weighted by Crippen LogP contribution is 2.32. The van der Waals surface area contributed by atoms with Gasteiger partial charge in [-0.3, -0.25) is 4.79 Å². The van der Waals surface area contributed by atoms with Gasteiger partial charge in [0.15, 0.2) is 0 Å². The smallest absolute Gasteiger partial charge is 0.257 e. The van der Waals surface area contributed by atoms with E-state index in [-0.39, 0.29) is 5.91 Å². The molecule has 0 aliphatic carbocycles. The second-order valence-corrected chi connectivity index (χ2v) is 8.26. The fourth-order valence-electron chi connectivity index (χ4n) is 2.64. The van der Waals surface area contributed by atoms with E-state index in [2.05, 4.69) is 31.2 Å². The van der Waals surface area contributed by atoms with E-state index in [0.717, 1.165) is 36.6 Å². The van der Waals surface area contributed by atoms with E-state index in [9.17, 15) is 4.79 Å². The molecular weight excluding hydrogens is 446 g/mol. The lowest BCUT2D eigenvalue weighted by Crippen LogP contribution is -2.13. The minimum Gasteiger partial charge on any atom is -0.322 e. The van der Waals surface area contributed by atoms with Gasteiger partial charge >= 0.3 is 0 Å². The van der Waals surface area contributed by atoms with Crippen LogP contribution in [0.5, 0.6) is 0 Å². The normalized spacial score (nSPS) is 10.9. The summed E-state index contributed by atoms with van der Waals surface area (Å²) in [7, 11) is 0. The van der Waals surface area contributed by atoms with Crippen LogP contribution >= 0.6 is 38.9 Å². The van der Waals surface area contributed by atoms with Gasteiger partial charge in [0.2, 0.25) is 0 Å². The fourth-order valence-corrected chi connectivity index (χ4v) is 4.11. The summed E-state index contributed by atoms with van der Waals surface area (Å²) < 4.78 is 0.796. The molecule has 1 N–H and O–H groups in total. The molecule has 27 heavy (non-hydrogen) atoms. The number of benzene rings is 2. The molecule has 0 aliphatic rings. The Morgan fingerprint density at radius 1 is 1.19 bits per heavy atom. The van der Waals surface area contributed by atoms with Crippen molar-refractivity contribution in [1.29, 1.82) is 0 Å². The highest BCUT2D eigenvalue weighted by molar-refractivity contribution is 9.10. The van der Waals surface area contributed by atoms with Gasteiger partial charge in [-0.25, -0.2) is 9.97 Å². The number of nitrogens with zero attached hydrogens (tertiary/aromatic N) is 2. The number of pyridine rings is 1. The number of hydrogen-bond acceptors (Lipinski definition) is 4. The number of aromatic nitrogens is 2. The summed E-state index contributed by atoms with van der Waals surface area (Å²) in [5.74, 6) is -0.257. The van der Waals surface area contributed by atoms with Crippen LogP contribution in [0, 0.1) is 6.92 Å². The summed E-state index contributed by atoms with van der Waals surface area (Å²) in [4.78, 5) is 22.6. The third kappa shape index (κ3) is 3.74. The molecule has 0 atom stereocenters. The summed E-state index contributed by atoms with van der Waals surface area (Å²) in [6, 6.07) is 14.9. The van der Waals surface area contributed by atoms with Crippen LogP contribution in [0.1, 0.15) is 15.9 Å². The van der Waals surface area contributed by atoms with Gasteiger partial charge < -0.3 is 5.32 Å². The van der Waals surface area contributed by atoms with E-state index in [1.165, 1.54) is 11.3 Å². The molecule has 2 aromatic heterocycles. The molecule has 0 fully saturated rings. The van der Waals surface area contributed by atoms with Gasteiger partial charge in [-0.2, -0.15) is 0 Å². The number of aryl methyl sites for hydroxylation is 1. The summed E-state index contributed by atoms with van der Waals surface area (Å²) in [5.41, 5.74) is 3.89. The molecule has 4 aromatic rings. The Labute approximate surface area is 173 Å². The van der Waals surface area contributed by atoms with Crippen LogP contribution in [0.25, 0.3) is 20.9 Å². The standard InChI is InChI=1S/C20H13BrClN3OS/c1-11-4-5-12(19-25-16-3-2-8-23-20(16)27-19)9-17(11)24-18(26)14-10-13(21)6-7-15(14)22/h2-10H,1H3,(H,24,26). The summed E-state index contributed by atoms with van der Waals surface area (Å²) in [5, 5.41) is 4.22. The number of halogens is 2. The van der Waals surface area contributed by atoms with E-state index < -0.39 is 0 Å². The number of anilines is 1. The van der Waals surface area contributed by atoms with Crippen molar-refractivity contribution in [2.24, 2.45) is 0 Å². The number of carbonyl (C=O) groups is 1. The Balaban J connectivity index is 1.68. The highest BCUT2D eigenvalue weighted by Gasteiger charge is 2.14. The second-order valence-electron chi connectivity index (χ2n) is 5.95. The average molecular weight is 459 g/mol. The average Bonchev–Trinajstić information content (AvgIpc) is 3.09. The van der Waals surface area contributed by atoms with Crippen molar-refractivity contribution in [3.63, 3.8) is 0 Å². The molecule has 0 saturated carbocycles. The van der Waals surface area contributed by atoms with Gasteiger partial charge in [0.05, 0.1) is 10.6 Å². The molecule has 0 bridgehead atoms. The van der Waals surface area contributed by atoms with Crippen LogP contribution in [0.15, 0.2) is 59.2 Å². The zero-order chi connectivity index (χ0) is 19.0. The van der Waals surface area contributed by atoms with Crippen molar-refractivity contribution in [2.75, 3.05) is 5.32 Å². The van der Waals surface area contributed by atoms with Crippen molar-refractivity contribution < 1.29 is 4.79 Å². The Morgan fingerprint density at radius 3 is 2.85 bits per heavy atom. The number of carbonyl (C=O) groups excluding carboxylic acids is 1. The fraction of sp³-hybridized carbons (Fsp3) is 0.0500. The third-order valence-electron chi connectivity index (χ3n) is 4.07. The van der Waals surface area contributed by atoms with Crippen LogP contribution < -0.4 is 5.32 Å². The monoisotopic (exact) mass is 457 g/mol. The summed E-state index contributed by atoms with van der Waals surface area (Å²) in [6.07, 6.45) is 1.76. The molecule has 0 saturated heterocycles. The first kappa shape index (κ1) is 18.1. The van der Waals surface area contributed by atoms with Crippen molar-refractivity contribution in [3.8, 4) is 10.6 Å². The first-order chi connectivity index (χ1) is 13.0. The predicted octanol–water partition coefficient (Wildman–Crippen LogP) is 6.33. The zero-order valence-electron chi connectivity index (χ0n) is 14.2. The lowest BCUT2D eigenvalue weighted by Gasteiger charge is -2.11. The molecule has 4 nitrogen and oxygen atoms in total. The molecule has 0 spiro atoms. The summed E-state index contributed by atoms with van der Waals surface area (Å²) in [6.45, 7) is 1.95. The maximum absolute atomic E-state index is 12.7. The van der Waals surface area contributed by atoms with Gasteiger partial charge in [-0.05, 0) is 48.9 Å². The first-order valence-electron chi connectivity index (χ1n) is 8.10. The molecule has 0 aliphatic heterocycles. The molecule has 4 rings (SSSR count). The number of nitrogens with one attached hydrogen (secondary N) is 1. The van der Waals surface area contributed by atoms with Gasteiger partial charge in [0.25, 0.3) is 5.91 Å². The van der Waals surface area contributed by atoms with E-state index in [1.807, 2.05) is 37.3 Å². The molecule has 0 unspecified atom stereocenters. The zero-order valence-corrected chi connectivity index (χ0v) is 17.3.